The summed E-state index contributed by atoms with van der Waals surface area (Å²) in [6.45, 7) is 5.16. The fraction of sp³-hybridized carbons (Fsp3) is 0.727. The van der Waals surface area contributed by atoms with E-state index < -0.39 is 0 Å². The fourth-order valence-corrected chi connectivity index (χ4v) is 2.15. The third-order valence-electron chi connectivity index (χ3n) is 2.69. The molecule has 2 rings (SSSR count). The molecule has 1 fully saturated rings. The minimum atomic E-state index is 0.774. The number of nitrogens with zero attached hydrogens (tertiary/aromatic N) is 2. The highest BCUT2D eigenvalue weighted by atomic mass is 32.1. The molecule has 84 valence electrons. The normalized spacial score (nSPS) is 16.2. The number of nitrogens with one attached hydrogen (secondary N) is 1. The molecule has 1 saturated carbocycles. The Morgan fingerprint density at radius 3 is 3.07 bits per heavy atom. The van der Waals surface area contributed by atoms with Crippen molar-refractivity contribution in [3.05, 3.63) is 16.1 Å². The molecule has 1 aromatic rings. The van der Waals surface area contributed by atoms with E-state index in [-0.39, 0.29) is 0 Å². The zero-order valence-electron chi connectivity index (χ0n) is 9.49. The van der Waals surface area contributed by atoms with Crippen molar-refractivity contribution in [2.45, 2.75) is 38.9 Å². The molecule has 0 aromatic carbocycles. The third-order valence-corrected chi connectivity index (χ3v) is 3.59. The Hall–Kier alpha value is -0.450. The van der Waals surface area contributed by atoms with E-state index in [2.05, 4.69) is 34.6 Å². The first-order valence-electron chi connectivity index (χ1n) is 5.63. The fourth-order valence-electron chi connectivity index (χ4n) is 1.41. The van der Waals surface area contributed by atoms with E-state index in [1.807, 2.05) is 0 Å². The summed E-state index contributed by atoms with van der Waals surface area (Å²) in [6.07, 6.45) is 2.69. The molecule has 1 aliphatic rings. The van der Waals surface area contributed by atoms with Gasteiger partial charge in [0.15, 0.2) is 0 Å². The zero-order valence-corrected chi connectivity index (χ0v) is 10.3. The maximum Gasteiger partial charge on any atom is 0.107 e. The molecule has 1 aromatic heterocycles. The molecule has 0 atom stereocenters. The number of thiazole rings is 1. The maximum atomic E-state index is 4.61. The van der Waals surface area contributed by atoms with Gasteiger partial charge < -0.3 is 10.2 Å². The van der Waals surface area contributed by atoms with Crippen molar-refractivity contribution in [2.24, 2.45) is 0 Å². The monoisotopic (exact) mass is 225 g/mol. The van der Waals surface area contributed by atoms with Crippen LogP contribution in [0.15, 0.2) is 5.38 Å². The number of rotatable bonds is 6. The maximum absolute atomic E-state index is 4.61. The van der Waals surface area contributed by atoms with Gasteiger partial charge in [0.25, 0.3) is 0 Å². The largest absolute Gasteiger partial charge is 0.308 e. The molecule has 0 spiro atoms. The first kappa shape index (κ1) is 11.0. The molecule has 0 saturated heterocycles. The van der Waals surface area contributed by atoms with Crippen LogP contribution in [0.1, 0.15) is 30.5 Å². The molecule has 0 amide bonds. The van der Waals surface area contributed by atoms with Crippen molar-refractivity contribution in [1.29, 1.82) is 0 Å². The van der Waals surface area contributed by atoms with Gasteiger partial charge in [-0.2, -0.15) is 0 Å². The molecule has 4 heteroatoms. The van der Waals surface area contributed by atoms with Crippen molar-refractivity contribution in [1.82, 2.24) is 15.2 Å². The first-order valence-corrected chi connectivity index (χ1v) is 6.51. The summed E-state index contributed by atoms with van der Waals surface area (Å²) in [5, 5.41) is 6.89. The van der Waals surface area contributed by atoms with E-state index in [9.17, 15) is 0 Å². The second kappa shape index (κ2) is 5.05. The van der Waals surface area contributed by atoms with E-state index >= 15 is 0 Å². The van der Waals surface area contributed by atoms with Crippen molar-refractivity contribution < 1.29 is 0 Å². The highest BCUT2D eigenvalue weighted by molar-refractivity contribution is 7.09. The summed E-state index contributed by atoms with van der Waals surface area (Å²) >= 11 is 1.77. The molecule has 3 nitrogen and oxygen atoms in total. The van der Waals surface area contributed by atoms with Gasteiger partial charge in [-0.05, 0) is 26.4 Å². The molecular formula is C11H19N3S. The Bertz CT molecular complexity index is 307. The molecule has 1 aliphatic carbocycles. The lowest BCUT2D eigenvalue weighted by Crippen LogP contribution is -2.17. The van der Waals surface area contributed by atoms with E-state index in [1.54, 1.807) is 11.3 Å². The molecular weight excluding hydrogens is 206 g/mol. The number of hydrogen-bond donors (Lipinski definition) is 1. The SMILES string of the molecule is CCN(C)Cc1csc(CNC2CC2)n1. The standard InChI is InChI=1S/C11H19N3S/c1-3-14(2)7-10-8-15-11(13-10)6-12-9-4-5-9/h8-9,12H,3-7H2,1-2H3. The van der Waals surface area contributed by atoms with Crippen LogP contribution in [0.4, 0.5) is 0 Å². The summed E-state index contributed by atoms with van der Waals surface area (Å²) in [5.41, 5.74) is 1.21. The Labute approximate surface area is 95.5 Å². The van der Waals surface area contributed by atoms with Gasteiger partial charge in [0.1, 0.15) is 5.01 Å². The van der Waals surface area contributed by atoms with Crippen LogP contribution >= 0.6 is 11.3 Å². The van der Waals surface area contributed by atoms with Gasteiger partial charge in [-0.25, -0.2) is 4.98 Å². The van der Waals surface area contributed by atoms with E-state index in [0.29, 0.717) is 0 Å². The van der Waals surface area contributed by atoms with Gasteiger partial charge >= 0.3 is 0 Å². The average molecular weight is 225 g/mol. The lowest BCUT2D eigenvalue weighted by Gasteiger charge is -2.10. The Morgan fingerprint density at radius 2 is 2.40 bits per heavy atom. The third kappa shape index (κ3) is 3.55. The van der Waals surface area contributed by atoms with Crippen molar-refractivity contribution in [3.63, 3.8) is 0 Å². The summed E-state index contributed by atoms with van der Waals surface area (Å²) in [5.74, 6) is 0. The van der Waals surface area contributed by atoms with Gasteiger partial charge in [0, 0.05) is 24.5 Å². The molecule has 0 radical (unpaired) electrons. The molecule has 15 heavy (non-hydrogen) atoms. The van der Waals surface area contributed by atoms with Crippen molar-refractivity contribution >= 4 is 11.3 Å². The Balaban J connectivity index is 1.79. The highest BCUT2D eigenvalue weighted by Crippen LogP contribution is 2.20. The van der Waals surface area contributed by atoms with Crippen LogP contribution in [-0.2, 0) is 13.1 Å². The van der Waals surface area contributed by atoms with Crippen LogP contribution in [-0.4, -0.2) is 29.5 Å². The minimum Gasteiger partial charge on any atom is -0.308 e. The number of hydrogen-bond acceptors (Lipinski definition) is 4. The van der Waals surface area contributed by atoms with Crippen LogP contribution in [0.3, 0.4) is 0 Å². The van der Waals surface area contributed by atoms with Crippen molar-refractivity contribution in [3.8, 4) is 0 Å². The van der Waals surface area contributed by atoms with Gasteiger partial charge in [-0.3, -0.25) is 0 Å². The van der Waals surface area contributed by atoms with E-state index in [0.717, 1.165) is 25.7 Å². The minimum absolute atomic E-state index is 0.774. The highest BCUT2D eigenvalue weighted by Gasteiger charge is 2.20. The lowest BCUT2D eigenvalue weighted by atomic mass is 10.4. The Kier molecular flexibility index (Phi) is 3.72. The predicted molar refractivity (Wildman–Crippen MR) is 64.0 cm³/mol. The summed E-state index contributed by atoms with van der Waals surface area (Å²) < 4.78 is 0. The molecule has 1 N–H and O–H groups in total. The van der Waals surface area contributed by atoms with Gasteiger partial charge in [-0.1, -0.05) is 6.92 Å². The molecule has 0 unspecified atom stereocenters. The van der Waals surface area contributed by atoms with E-state index in [4.69, 9.17) is 0 Å². The number of aromatic nitrogens is 1. The Morgan fingerprint density at radius 1 is 1.60 bits per heavy atom. The van der Waals surface area contributed by atoms with Crippen LogP contribution in [0.2, 0.25) is 0 Å². The lowest BCUT2D eigenvalue weighted by molar-refractivity contribution is 0.342. The van der Waals surface area contributed by atoms with Gasteiger partial charge in [0.2, 0.25) is 0 Å². The smallest absolute Gasteiger partial charge is 0.107 e. The summed E-state index contributed by atoms with van der Waals surface area (Å²) in [7, 11) is 2.13. The average Bonchev–Trinajstić information content (AvgIpc) is 2.97. The second-order valence-electron chi connectivity index (χ2n) is 4.22. The van der Waals surface area contributed by atoms with Crippen LogP contribution in [0, 0.1) is 0 Å². The van der Waals surface area contributed by atoms with Crippen LogP contribution in [0.25, 0.3) is 0 Å². The zero-order chi connectivity index (χ0) is 10.7. The first-order chi connectivity index (χ1) is 7.28. The van der Waals surface area contributed by atoms with Crippen molar-refractivity contribution in [2.75, 3.05) is 13.6 Å². The van der Waals surface area contributed by atoms with E-state index in [1.165, 1.54) is 23.5 Å². The summed E-state index contributed by atoms with van der Waals surface area (Å²) in [6, 6.07) is 0.774. The molecule has 0 aliphatic heterocycles. The van der Waals surface area contributed by atoms with Crippen LogP contribution in [0.5, 0.6) is 0 Å². The summed E-state index contributed by atoms with van der Waals surface area (Å²) in [4.78, 5) is 6.88. The molecule has 1 heterocycles. The predicted octanol–water partition coefficient (Wildman–Crippen LogP) is 1.85. The molecule has 0 bridgehead atoms. The topological polar surface area (TPSA) is 28.2 Å². The van der Waals surface area contributed by atoms with Gasteiger partial charge in [0.05, 0.1) is 5.69 Å². The van der Waals surface area contributed by atoms with Crippen LogP contribution < -0.4 is 5.32 Å². The quantitative estimate of drug-likeness (QED) is 0.801. The van der Waals surface area contributed by atoms with Gasteiger partial charge in [-0.15, -0.1) is 11.3 Å². The second-order valence-corrected chi connectivity index (χ2v) is 5.16.